The molecule has 118 valence electrons. The third-order valence-corrected chi connectivity index (χ3v) is 3.41. The molecular weight excluding hydrogens is 313 g/mol. The van der Waals surface area contributed by atoms with Crippen LogP contribution in [0.3, 0.4) is 0 Å². The zero-order chi connectivity index (χ0) is 13.7. The van der Waals surface area contributed by atoms with Crippen molar-refractivity contribution in [1.29, 1.82) is 0 Å². The number of hydrogen-bond acceptors (Lipinski definition) is 4. The van der Waals surface area contributed by atoms with Crippen molar-refractivity contribution in [1.82, 2.24) is 10.3 Å². The molecule has 0 unspecified atom stereocenters. The third kappa shape index (κ3) is 5.91. The first-order valence-electron chi connectivity index (χ1n) is 6.47. The molecule has 1 aromatic heterocycles. The highest BCUT2D eigenvalue weighted by Crippen LogP contribution is 2.18. The summed E-state index contributed by atoms with van der Waals surface area (Å²) in [5.41, 5.74) is 0.796. The Bertz CT molecular complexity index is 460. The van der Waals surface area contributed by atoms with Crippen LogP contribution in [0.25, 0.3) is 6.08 Å². The van der Waals surface area contributed by atoms with E-state index in [2.05, 4.69) is 22.2 Å². The molecule has 2 heterocycles. The van der Waals surface area contributed by atoms with Crippen molar-refractivity contribution in [2.24, 2.45) is 0 Å². The number of piperidine rings is 1. The Labute approximate surface area is 137 Å². The number of hydrogen-bond donors (Lipinski definition) is 2. The molecule has 2 rings (SSSR count). The molecule has 1 aliphatic rings. The number of carboxylic acids is 1. The van der Waals surface area contributed by atoms with Crippen molar-refractivity contribution in [2.45, 2.75) is 18.9 Å². The molecule has 0 saturated carbocycles. The van der Waals surface area contributed by atoms with E-state index in [4.69, 9.17) is 5.11 Å². The molecule has 5 nitrogen and oxygen atoms in total. The second-order valence-electron chi connectivity index (χ2n) is 4.71. The van der Waals surface area contributed by atoms with Gasteiger partial charge in [0, 0.05) is 25.4 Å². The lowest BCUT2D eigenvalue weighted by molar-refractivity contribution is -0.131. The number of aliphatic carboxylic acids is 1. The predicted octanol–water partition coefficient (Wildman–Crippen LogP) is 2.21. The lowest BCUT2D eigenvalue weighted by Gasteiger charge is -2.32. The average molecular weight is 334 g/mol. The third-order valence-electron chi connectivity index (χ3n) is 3.41. The van der Waals surface area contributed by atoms with Crippen LogP contribution in [0.5, 0.6) is 0 Å². The summed E-state index contributed by atoms with van der Waals surface area (Å²) in [6.45, 7) is 2.10. The fourth-order valence-electron chi connectivity index (χ4n) is 2.25. The van der Waals surface area contributed by atoms with Gasteiger partial charge in [0.25, 0.3) is 0 Å². The molecule has 0 atom stereocenters. The first-order chi connectivity index (χ1) is 9.16. The summed E-state index contributed by atoms with van der Waals surface area (Å²) in [6.07, 6.45) is 6.61. The van der Waals surface area contributed by atoms with E-state index in [1.54, 1.807) is 12.3 Å². The number of halogens is 2. The summed E-state index contributed by atoms with van der Waals surface area (Å²) >= 11 is 0. The number of pyridine rings is 1. The first-order valence-corrected chi connectivity index (χ1v) is 6.47. The van der Waals surface area contributed by atoms with Crippen LogP contribution in [0.1, 0.15) is 18.4 Å². The quantitative estimate of drug-likeness (QED) is 0.827. The molecule has 1 aromatic rings. The molecule has 21 heavy (non-hydrogen) atoms. The first kappa shape index (κ1) is 19.7. The van der Waals surface area contributed by atoms with Crippen LogP contribution < -0.4 is 10.2 Å². The van der Waals surface area contributed by atoms with E-state index in [-0.39, 0.29) is 24.8 Å². The Hall–Kier alpha value is -1.30. The van der Waals surface area contributed by atoms with Gasteiger partial charge in [-0.3, -0.25) is 0 Å². The van der Waals surface area contributed by atoms with E-state index in [0.29, 0.717) is 6.04 Å². The molecule has 1 saturated heterocycles. The van der Waals surface area contributed by atoms with E-state index < -0.39 is 5.97 Å². The zero-order valence-corrected chi connectivity index (χ0v) is 13.5. The van der Waals surface area contributed by atoms with Gasteiger partial charge in [-0.25, -0.2) is 9.78 Å². The average Bonchev–Trinajstić information content (AvgIpc) is 2.46. The van der Waals surface area contributed by atoms with Crippen molar-refractivity contribution in [3.63, 3.8) is 0 Å². The standard InChI is InChI=1S/C14H19N3O2.2ClH/c1-17(12-6-8-15-9-7-12)13-4-2-11(10-16-13)3-5-14(18)19;;/h2-5,10,12,15H,6-9H2,1H3,(H,18,19);2*1H/b5-3+;;. The lowest BCUT2D eigenvalue weighted by atomic mass is 10.1. The minimum atomic E-state index is -0.948. The van der Waals surface area contributed by atoms with E-state index in [9.17, 15) is 4.79 Å². The molecule has 0 aliphatic carbocycles. The van der Waals surface area contributed by atoms with E-state index in [0.717, 1.165) is 43.4 Å². The van der Waals surface area contributed by atoms with Gasteiger partial charge in [-0.05, 0) is 49.7 Å². The molecule has 0 amide bonds. The highest BCUT2D eigenvalue weighted by atomic mass is 35.5. The van der Waals surface area contributed by atoms with Gasteiger partial charge >= 0.3 is 5.97 Å². The van der Waals surface area contributed by atoms with Gasteiger partial charge < -0.3 is 15.3 Å². The van der Waals surface area contributed by atoms with Gasteiger partial charge in [-0.2, -0.15) is 0 Å². The Morgan fingerprint density at radius 3 is 2.57 bits per heavy atom. The molecule has 1 aliphatic heterocycles. The maximum Gasteiger partial charge on any atom is 0.328 e. The fourth-order valence-corrected chi connectivity index (χ4v) is 2.25. The van der Waals surface area contributed by atoms with Crippen LogP contribution in [0.2, 0.25) is 0 Å². The number of nitrogens with zero attached hydrogens (tertiary/aromatic N) is 2. The van der Waals surface area contributed by atoms with E-state index >= 15 is 0 Å². The molecule has 7 heteroatoms. The van der Waals surface area contributed by atoms with E-state index in [1.807, 2.05) is 12.1 Å². The van der Waals surface area contributed by atoms with Crippen molar-refractivity contribution in [3.05, 3.63) is 30.0 Å². The SMILES string of the molecule is CN(c1ccc(/C=C/C(=O)O)cn1)C1CCNCC1.Cl.Cl. The number of anilines is 1. The molecular formula is C14H21Cl2N3O2. The number of carbonyl (C=O) groups is 1. The molecule has 0 spiro atoms. The van der Waals surface area contributed by atoms with Crippen molar-refractivity contribution in [2.75, 3.05) is 25.0 Å². The van der Waals surface area contributed by atoms with Crippen LogP contribution in [-0.4, -0.2) is 42.2 Å². The van der Waals surface area contributed by atoms with Crippen LogP contribution in [0.15, 0.2) is 24.4 Å². The minimum Gasteiger partial charge on any atom is -0.478 e. The van der Waals surface area contributed by atoms with Crippen LogP contribution in [-0.2, 0) is 4.79 Å². The molecule has 0 bridgehead atoms. The Morgan fingerprint density at radius 2 is 2.05 bits per heavy atom. The topological polar surface area (TPSA) is 65.5 Å². The van der Waals surface area contributed by atoms with Crippen molar-refractivity contribution >= 4 is 42.7 Å². The zero-order valence-electron chi connectivity index (χ0n) is 11.9. The summed E-state index contributed by atoms with van der Waals surface area (Å²) in [5.74, 6) is -0.0183. The maximum absolute atomic E-state index is 10.4. The largest absolute Gasteiger partial charge is 0.478 e. The Balaban J connectivity index is 0.00000200. The summed E-state index contributed by atoms with van der Waals surface area (Å²) < 4.78 is 0. The fraction of sp³-hybridized carbons (Fsp3) is 0.429. The highest BCUT2D eigenvalue weighted by Gasteiger charge is 2.18. The number of carboxylic acid groups (broad SMARTS) is 1. The van der Waals surface area contributed by atoms with Gasteiger partial charge in [-0.1, -0.05) is 0 Å². The summed E-state index contributed by atoms with van der Waals surface area (Å²) in [7, 11) is 2.06. The second-order valence-corrected chi connectivity index (χ2v) is 4.71. The van der Waals surface area contributed by atoms with Gasteiger partial charge in [-0.15, -0.1) is 24.8 Å². The van der Waals surface area contributed by atoms with Gasteiger partial charge in [0.1, 0.15) is 5.82 Å². The summed E-state index contributed by atoms with van der Waals surface area (Å²) in [6, 6.07) is 4.34. The molecule has 2 N–H and O–H groups in total. The van der Waals surface area contributed by atoms with E-state index in [1.165, 1.54) is 0 Å². The van der Waals surface area contributed by atoms with Crippen LogP contribution in [0, 0.1) is 0 Å². The maximum atomic E-state index is 10.4. The lowest BCUT2D eigenvalue weighted by Crippen LogP contribution is -2.41. The van der Waals surface area contributed by atoms with Gasteiger partial charge in [0.15, 0.2) is 0 Å². The molecule has 0 aromatic carbocycles. The monoisotopic (exact) mass is 333 g/mol. The van der Waals surface area contributed by atoms with Gasteiger partial charge in [0.05, 0.1) is 0 Å². The van der Waals surface area contributed by atoms with Crippen LogP contribution in [0.4, 0.5) is 5.82 Å². The smallest absolute Gasteiger partial charge is 0.328 e. The minimum absolute atomic E-state index is 0. The second kappa shape index (κ2) is 9.60. The number of rotatable bonds is 4. The number of aromatic nitrogens is 1. The molecule has 1 fully saturated rings. The molecule has 0 radical (unpaired) electrons. The normalized spacial score (nSPS) is 15.1. The summed E-state index contributed by atoms with van der Waals surface area (Å²) in [4.78, 5) is 17.0. The van der Waals surface area contributed by atoms with Crippen LogP contribution >= 0.6 is 24.8 Å². The number of nitrogens with one attached hydrogen (secondary N) is 1. The predicted molar refractivity (Wildman–Crippen MR) is 89.7 cm³/mol. The van der Waals surface area contributed by atoms with Gasteiger partial charge in [0.2, 0.25) is 0 Å². The Morgan fingerprint density at radius 1 is 1.38 bits per heavy atom. The van der Waals surface area contributed by atoms with Crippen molar-refractivity contribution in [3.8, 4) is 0 Å². The highest BCUT2D eigenvalue weighted by molar-refractivity contribution is 5.86. The summed E-state index contributed by atoms with van der Waals surface area (Å²) in [5, 5.41) is 11.9. The van der Waals surface area contributed by atoms with Crippen molar-refractivity contribution < 1.29 is 9.90 Å². The Kier molecular flexibility index (Phi) is 9.01.